The summed E-state index contributed by atoms with van der Waals surface area (Å²) in [6, 6.07) is 5.77. The van der Waals surface area contributed by atoms with Gasteiger partial charge in [-0.1, -0.05) is 24.6 Å². The number of terminal acetylenes is 1. The van der Waals surface area contributed by atoms with E-state index in [4.69, 9.17) is 11.2 Å². The van der Waals surface area contributed by atoms with Crippen LogP contribution in [-0.2, 0) is 14.3 Å². The molecule has 3 amide bonds. The Morgan fingerprint density at radius 1 is 1.07 bits per heavy atom. The summed E-state index contributed by atoms with van der Waals surface area (Å²) in [5.74, 6) is -0.979. The van der Waals surface area contributed by atoms with E-state index < -0.39 is 35.6 Å². The summed E-state index contributed by atoms with van der Waals surface area (Å²) in [6.07, 6.45) is 4.94. The van der Waals surface area contributed by atoms with Crippen LogP contribution in [0.25, 0.3) is 0 Å². The smallest absolute Gasteiger partial charge is 0.408 e. The van der Waals surface area contributed by atoms with Gasteiger partial charge in [0.15, 0.2) is 0 Å². The van der Waals surface area contributed by atoms with Gasteiger partial charge in [0.1, 0.15) is 17.7 Å². The van der Waals surface area contributed by atoms with Crippen molar-refractivity contribution in [3.8, 4) is 12.5 Å². The normalized spacial score (nSPS) is 13.1. The summed E-state index contributed by atoms with van der Waals surface area (Å²) in [7, 11) is 0. The highest BCUT2D eigenvalue weighted by atomic mass is 16.6. The van der Waals surface area contributed by atoms with Crippen LogP contribution in [0.5, 0.6) is 0 Å². The van der Waals surface area contributed by atoms with E-state index in [9.17, 15) is 14.4 Å². The van der Waals surface area contributed by atoms with Gasteiger partial charge in [0.25, 0.3) is 5.91 Å². The molecule has 0 radical (unpaired) electrons. The molecule has 2 N–H and O–H groups in total. The Balaban J connectivity index is 3.29. The molecule has 0 heterocycles. The Morgan fingerprint density at radius 3 is 2.03 bits per heavy atom. The molecule has 7 heteroatoms. The van der Waals surface area contributed by atoms with E-state index in [0.717, 1.165) is 16.0 Å². The van der Waals surface area contributed by atoms with Gasteiger partial charge in [-0.2, -0.15) is 0 Å². The maximum absolute atomic E-state index is 13.1. The van der Waals surface area contributed by atoms with Gasteiger partial charge in [-0.15, -0.1) is 0 Å². The van der Waals surface area contributed by atoms with Crippen LogP contribution in [0.2, 0.25) is 0 Å². The molecule has 0 aliphatic rings. The van der Waals surface area contributed by atoms with Crippen molar-refractivity contribution in [1.29, 1.82) is 0 Å². The Morgan fingerprint density at radius 2 is 1.60 bits per heavy atom. The number of nitrogens with zero attached hydrogens (tertiary/aromatic N) is 1. The monoisotopic (exact) mass is 415 g/mol. The van der Waals surface area contributed by atoms with Crippen LogP contribution in [-0.4, -0.2) is 40.5 Å². The predicted molar refractivity (Wildman–Crippen MR) is 116 cm³/mol. The molecule has 1 aromatic rings. The topological polar surface area (TPSA) is 87.7 Å². The van der Waals surface area contributed by atoms with E-state index in [-0.39, 0.29) is 6.04 Å². The number of carbonyl (C=O) groups excluding carboxylic acids is 3. The molecular formula is C23H33N3O4. The number of amides is 3. The number of hydrogen-bond acceptors (Lipinski definition) is 4. The number of carbonyl (C=O) groups is 3. The van der Waals surface area contributed by atoms with Crippen LogP contribution < -0.4 is 10.6 Å². The minimum absolute atomic E-state index is 0.142. The van der Waals surface area contributed by atoms with E-state index in [1.54, 1.807) is 20.8 Å². The van der Waals surface area contributed by atoms with Gasteiger partial charge in [0.2, 0.25) is 5.91 Å². The van der Waals surface area contributed by atoms with Crippen LogP contribution in [0.3, 0.4) is 0 Å². The number of aryl methyl sites for hydroxylation is 2. The zero-order chi connectivity index (χ0) is 23.2. The Kier molecular flexibility index (Phi) is 8.47. The zero-order valence-electron chi connectivity index (χ0n) is 19.1. The third-order valence-electron chi connectivity index (χ3n) is 4.23. The average Bonchev–Trinajstić information content (AvgIpc) is 2.57. The minimum atomic E-state index is -1.03. The van der Waals surface area contributed by atoms with Crippen LogP contribution >= 0.6 is 0 Å². The van der Waals surface area contributed by atoms with Crippen molar-refractivity contribution in [2.24, 2.45) is 0 Å². The molecule has 0 saturated heterocycles. The molecule has 1 aromatic carbocycles. The maximum Gasteiger partial charge on any atom is 0.408 e. The molecule has 30 heavy (non-hydrogen) atoms. The fraction of sp³-hybridized carbons (Fsp3) is 0.522. The number of ether oxygens (including phenoxy) is 1. The third-order valence-corrected chi connectivity index (χ3v) is 4.23. The molecular weight excluding hydrogens is 382 g/mol. The molecule has 0 aliphatic heterocycles. The molecule has 0 fully saturated rings. The summed E-state index contributed by atoms with van der Waals surface area (Å²) in [4.78, 5) is 39.3. The van der Waals surface area contributed by atoms with Gasteiger partial charge in [0.05, 0.1) is 0 Å². The van der Waals surface area contributed by atoms with Gasteiger partial charge in [-0.05, 0) is 72.1 Å². The molecule has 0 aromatic heterocycles. The molecule has 0 spiro atoms. The van der Waals surface area contributed by atoms with Crippen molar-refractivity contribution in [2.75, 3.05) is 0 Å². The van der Waals surface area contributed by atoms with E-state index in [0.29, 0.717) is 5.56 Å². The van der Waals surface area contributed by atoms with Crippen molar-refractivity contribution >= 4 is 17.9 Å². The Bertz CT molecular complexity index is 814. The number of rotatable bonds is 6. The SMILES string of the molecule is C#CN(C(=O)C(C)NC(=O)OC(C)(C)C)C(C(=O)NC(C)C)c1c(C)cccc1C. The summed E-state index contributed by atoms with van der Waals surface area (Å²) < 4.78 is 5.20. The summed E-state index contributed by atoms with van der Waals surface area (Å²) >= 11 is 0. The van der Waals surface area contributed by atoms with E-state index in [1.165, 1.54) is 6.92 Å². The lowest BCUT2D eigenvalue weighted by Crippen LogP contribution is -2.51. The Labute approximate surface area is 179 Å². The van der Waals surface area contributed by atoms with Crippen molar-refractivity contribution < 1.29 is 19.1 Å². The first-order valence-electron chi connectivity index (χ1n) is 9.93. The molecule has 2 unspecified atom stereocenters. The van der Waals surface area contributed by atoms with Gasteiger partial charge in [0, 0.05) is 12.1 Å². The van der Waals surface area contributed by atoms with Crippen LogP contribution in [0.4, 0.5) is 4.79 Å². The van der Waals surface area contributed by atoms with E-state index in [2.05, 4.69) is 16.7 Å². The Hall–Kier alpha value is -3.01. The van der Waals surface area contributed by atoms with Crippen LogP contribution in [0.1, 0.15) is 64.3 Å². The van der Waals surface area contributed by atoms with Crippen molar-refractivity contribution in [1.82, 2.24) is 15.5 Å². The quantitative estimate of drug-likeness (QED) is 0.552. The number of hydrogen-bond donors (Lipinski definition) is 2. The second kappa shape index (κ2) is 10.1. The van der Waals surface area contributed by atoms with E-state index >= 15 is 0 Å². The predicted octanol–water partition coefficient (Wildman–Crippen LogP) is 3.20. The number of benzene rings is 1. The summed E-state index contributed by atoms with van der Waals surface area (Å²) in [6.45, 7) is 14.0. The van der Waals surface area contributed by atoms with Gasteiger partial charge >= 0.3 is 6.09 Å². The van der Waals surface area contributed by atoms with Crippen molar-refractivity contribution in [2.45, 2.75) is 79.1 Å². The van der Waals surface area contributed by atoms with Crippen molar-refractivity contribution in [3.05, 3.63) is 34.9 Å². The molecule has 0 aliphatic carbocycles. The standard InChI is InChI=1S/C23H33N3O4/c1-10-26(21(28)17(6)25-22(29)30-23(7,8)9)19(20(27)24-14(2)3)18-15(4)12-11-13-16(18)5/h1,11-14,17,19H,2-9H3,(H,24,27)(H,25,29). The number of nitrogens with one attached hydrogen (secondary N) is 2. The fourth-order valence-corrected chi connectivity index (χ4v) is 3.02. The van der Waals surface area contributed by atoms with Crippen LogP contribution in [0, 0.1) is 26.3 Å². The molecule has 7 nitrogen and oxygen atoms in total. The highest BCUT2D eigenvalue weighted by Gasteiger charge is 2.35. The molecule has 0 saturated carbocycles. The first-order chi connectivity index (χ1) is 13.8. The zero-order valence-corrected chi connectivity index (χ0v) is 19.1. The molecule has 1 rings (SSSR count). The van der Waals surface area contributed by atoms with Crippen molar-refractivity contribution in [3.63, 3.8) is 0 Å². The lowest BCUT2D eigenvalue weighted by molar-refractivity contribution is -0.138. The first kappa shape index (κ1) is 25.0. The highest BCUT2D eigenvalue weighted by Crippen LogP contribution is 2.28. The van der Waals surface area contributed by atoms with Gasteiger partial charge in [-0.3, -0.25) is 14.5 Å². The van der Waals surface area contributed by atoms with E-state index in [1.807, 2.05) is 45.9 Å². The second-order valence-electron chi connectivity index (χ2n) is 8.58. The van der Waals surface area contributed by atoms with Gasteiger partial charge < -0.3 is 15.4 Å². The lowest BCUT2D eigenvalue weighted by Gasteiger charge is -2.31. The summed E-state index contributed by atoms with van der Waals surface area (Å²) in [5, 5.41) is 5.32. The molecule has 0 bridgehead atoms. The van der Waals surface area contributed by atoms with Gasteiger partial charge in [-0.25, -0.2) is 4.79 Å². The molecule has 164 valence electrons. The average molecular weight is 416 g/mol. The van der Waals surface area contributed by atoms with Crippen LogP contribution in [0.15, 0.2) is 18.2 Å². The number of alkyl carbamates (subject to hydrolysis) is 1. The first-order valence-corrected chi connectivity index (χ1v) is 9.93. The maximum atomic E-state index is 13.1. The second-order valence-corrected chi connectivity index (χ2v) is 8.58. The largest absolute Gasteiger partial charge is 0.444 e. The highest BCUT2D eigenvalue weighted by molar-refractivity contribution is 5.93. The lowest BCUT2D eigenvalue weighted by atomic mass is 9.94. The summed E-state index contributed by atoms with van der Waals surface area (Å²) in [5.41, 5.74) is 1.61. The third kappa shape index (κ3) is 6.80. The molecule has 2 atom stereocenters. The minimum Gasteiger partial charge on any atom is -0.444 e. The fourth-order valence-electron chi connectivity index (χ4n) is 3.02.